The molecule has 3 aliphatic rings. The molecule has 0 saturated carbocycles. The number of rotatable bonds is 7. The number of carboxylic acid groups (broad SMARTS) is 1. The number of hydrogen-bond donors (Lipinski definition) is 3. The summed E-state index contributed by atoms with van der Waals surface area (Å²) in [5, 5.41) is 17.1. The topological polar surface area (TPSA) is 164 Å². The van der Waals surface area contributed by atoms with Crippen LogP contribution in [0.5, 0.6) is 0 Å². The summed E-state index contributed by atoms with van der Waals surface area (Å²) in [7, 11) is 1.27. The zero-order valence-electron chi connectivity index (χ0n) is 16.3. The minimum Gasteiger partial charge on any atom is -0.477 e. The number of anilines is 1. The average Bonchev–Trinajstić information content (AvgIpc) is 3.37. The number of nitrogens with one attached hydrogen (secondary N) is 1. The van der Waals surface area contributed by atoms with Gasteiger partial charge in [0.15, 0.2) is 10.8 Å². The number of nitrogen functional groups attached to an aromatic ring is 1. The van der Waals surface area contributed by atoms with E-state index in [2.05, 4.69) is 15.5 Å². The van der Waals surface area contributed by atoms with Crippen LogP contribution < -0.4 is 11.1 Å². The zero-order chi connectivity index (χ0) is 23.0. The molecule has 0 spiro atoms. The third-order valence-electron chi connectivity index (χ3n) is 4.47. The van der Waals surface area contributed by atoms with E-state index >= 15 is 0 Å². The van der Waals surface area contributed by atoms with Crippen LogP contribution in [0, 0.1) is 0 Å². The Balaban J connectivity index is 1.52. The number of aliphatic carboxylic acids is 1. The maximum absolute atomic E-state index is 12.8. The third kappa shape index (κ3) is 4.24. The van der Waals surface area contributed by atoms with Gasteiger partial charge in [-0.05, 0) is 0 Å². The Morgan fingerprint density at radius 3 is 2.78 bits per heavy atom. The molecule has 0 bridgehead atoms. The lowest BCUT2D eigenvalue weighted by Crippen LogP contribution is -2.71. The number of hydrogen-bond acceptors (Lipinski definition) is 12. The van der Waals surface area contributed by atoms with Gasteiger partial charge in [0, 0.05) is 32.8 Å². The molecule has 0 radical (unpaired) electrons. The van der Waals surface area contributed by atoms with Crippen molar-refractivity contribution in [2.45, 2.75) is 11.4 Å². The second kappa shape index (κ2) is 9.17. The number of thiazole rings is 1. The van der Waals surface area contributed by atoms with E-state index in [1.54, 1.807) is 0 Å². The Hall–Kier alpha value is -2.49. The second-order valence-corrected chi connectivity index (χ2v) is 10.6. The van der Waals surface area contributed by atoms with Crippen LogP contribution in [-0.2, 0) is 24.0 Å². The maximum Gasteiger partial charge on any atom is 0.353 e. The molecule has 15 heteroatoms. The summed E-state index contributed by atoms with van der Waals surface area (Å²) < 4.78 is 0. The van der Waals surface area contributed by atoms with Crippen molar-refractivity contribution < 1.29 is 29.1 Å². The molecule has 1 fully saturated rings. The molecule has 2 atom stereocenters. The summed E-state index contributed by atoms with van der Waals surface area (Å²) >= 11 is 4.79. The highest BCUT2D eigenvalue weighted by Gasteiger charge is 2.54. The standard InChI is InChI=1S/C17H15N5O6S4/c1-28-21-10(7-4-31-17(18)19-7)13(24)20-11-14(25)22-12(16(26)27)8(5-30-15(11)22)32-6-2-9(23)29-3-6/h2,4,11,15H,3,5H2,1H3,(H2,18,19)(H,20,24)(H,26,27)/t11-,15-/m1/s1. The number of thioether (sulfide) groups is 3. The van der Waals surface area contributed by atoms with Crippen molar-refractivity contribution in [3.63, 3.8) is 0 Å². The van der Waals surface area contributed by atoms with Crippen LogP contribution >= 0.6 is 46.6 Å². The van der Waals surface area contributed by atoms with Gasteiger partial charge in [-0.2, -0.15) is 0 Å². The first-order valence-electron chi connectivity index (χ1n) is 8.89. The SMILES string of the molecule is CON=C(C(=O)N[C@@H]1C(=O)N2C(C(=O)O)=C(SC3=CC(=O)SC3)CS[C@H]12)c1csc(N)n1. The molecule has 4 heterocycles. The van der Waals surface area contributed by atoms with Gasteiger partial charge < -0.3 is 21.0 Å². The molecule has 3 aliphatic heterocycles. The molecule has 0 aliphatic carbocycles. The number of carbonyl (C=O) groups excluding carboxylic acids is 3. The summed E-state index contributed by atoms with van der Waals surface area (Å²) in [4.78, 5) is 60.1. The number of nitrogens with two attached hydrogens (primary N) is 1. The van der Waals surface area contributed by atoms with Crippen molar-refractivity contribution in [3.05, 3.63) is 32.7 Å². The molecule has 4 rings (SSSR count). The number of β-lactam (4-membered cyclic amide) rings is 1. The van der Waals surface area contributed by atoms with E-state index in [1.165, 1.54) is 47.0 Å². The number of fused-ring (bicyclic) bond motifs is 1. The predicted octanol–water partition coefficient (Wildman–Crippen LogP) is 0.662. The fraction of sp³-hybridized carbons (Fsp3) is 0.294. The van der Waals surface area contributed by atoms with E-state index in [0.717, 1.165) is 28.0 Å². The number of oxime groups is 1. The summed E-state index contributed by atoms with van der Waals surface area (Å²) in [6.45, 7) is 0. The van der Waals surface area contributed by atoms with E-state index in [1.807, 2.05) is 0 Å². The molecule has 1 aromatic rings. The van der Waals surface area contributed by atoms with Gasteiger partial charge in [0.05, 0.1) is 0 Å². The van der Waals surface area contributed by atoms with Crippen molar-refractivity contribution in [2.75, 3.05) is 24.3 Å². The molecule has 2 amide bonds. The van der Waals surface area contributed by atoms with E-state index in [4.69, 9.17) is 10.6 Å². The summed E-state index contributed by atoms with van der Waals surface area (Å²) in [5.74, 6) is -1.68. The van der Waals surface area contributed by atoms with Crippen molar-refractivity contribution in [1.29, 1.82) is 0 Å². The first kappa shape index (κ1) is 22.7. The molecule has 0 aromatic carbocycles. The second-order valence-electron chi connectivity index (χ2n) is 6.45. The first-order chi connectivity index (χ1) is 15.3. The van der Waals surface area contributed by atoms with Gasteiger partial charge >= 0.3 is 5.97 Å². The molecular weight excluding hydrogens is 498 g/mol. The van der Waals surface area contributed by atoms with Crippen LogP contribution in [0.15, 0.2) is 32.1 Å². The third-order valence-corrected chi connectivity index (χ3v) is 8.76. The molecule has 168 valence electrons. The van der Waals surface area contributed by atoms with Gasteiger partial charge in [-0.3, -0.25) is 19.3 Å². The molecule has 1 saturated heterocycles. The van der Waals surface area contributed by atoms with Crippen molar-refractivity contribution in [3.8, 4) is 0 Å². The molecule has 4 N–H and O–H groups in total. The van der Waals surface area contributed by atoms with Gasteiger partial charge in [-0.15, -0.1) is 23.1 Å². The van der Waals surface area contributed by atoms with Crippen LogP contribution in [0.25, 0.3) is 0 Å². The number of nitrogens with zero attached hydrogens (tertiary/aromatic N) is 3. The summed E-state index contributed by atoms with van der Waals surface area (Å²) in [5.41, 5.74) is 5.54. The Kier molecular flexibility index (Phi) is 6.50. The lowest BCUT2D eigenvalue weighted by molar-refractivity contribution is -0.150. The van der Waals surface area contributed by atoms with E-state index in [9.17, 15) is 24.3 Å². The van der Waals surface area contributed by atoms with E-state index in [0.29, 0.717) is 16.4 Å². The van der Waals surface area contributed by atoms with Crippen LogP contribution in [0.3, 0.4) is 0 Å². The minimum atomic E-state index is -1.24. The van der Waals surface area contributed by atoms with Gasteiger partial charge in [0.1, 0.15) is 29.9 Å². The van der Waals surface area contributed by atoms with Crippen LogP contribution in [0.1, 0.15) is 5.69 Å². The van der Waals surface area contributed by atoms with Crippen molar-refractivity contribution >= 4 is 80.4 Å². The fourth-order valence-corrected chi connectivity index (χ4v) is 7.17. The maximum atomic E-state index is 12.8. The number of aromatic nitrogens is 1. The van der Waals surface area contributed by atoms with Gasteiger partial charge in [0.2, 0.25) is 5.12 Å². The monoisotopic (exact) mass is 513 g/mol. The number of amides is 2. The largest absolute Gasteiger partial charge is 0.477 e. The van der Waals surface area contributed by atoms with E-state index in [-0.39, 0.29) is 27.3 Å². The minimum absolute atomic E-state index is 0.0792. The highest BCUT2D eigenvalue weighted by atomic mass is 32.2. The molecule has 1 aromatic heterocycles. The summed E-state index contributed by atoms with van der Waals surface area (Å²) in [6, 6.07) is -0.936. The van der Waals surface area contributed by atoms with Crippen LogP contribution in [0.2, 0.25) is 0 Å². The highest BCUT2D eigenvalue weighted by Crippen LogP contribution is 2.46. The van der Waals surface area contributed by atoms with Gasteiger partial charge in [-0.1, -0.05) is 28.7 Å². The zero-order valence-corrected chi connectivity index (χ0v) is 19.5. The first-order valence-corrected chi connectivity index (χ1v) is 12.6. The Morgan fingerprint density at radius 1 is 1.41 bits per heavy atom. The molecular formula is C17H15N5O6S4. The smallest absolute Gasteiger partial charge is 0.353 e. The molecule has 0 unspecified atom stereocenters. The molecule has 11 nitrogen and oxygen atoms in total. The van der Waals surface area contributed by atoms with Gasteiger partial charge in [-0.25, -0.2) is 9.78 Å². The Morgan fingerprint density at radius 2 is 2.19 bits per heavy atom. The van der Waals surface area contributed by atoms with Crippen LogP contribution in [-0.4, -0.2) is 73.6 Å². The average molecular weight is 514 g/mol. The van der Waals surface area contributed by atoms with E-state index < -0.39 is 29.2 Å². The fourth-order valence-electron chi connectivity index (χ4n) is 3.15. The number of carboxylic acids is 1. The Bertz CT molecular complexity index is 1110. The lowest BCUT2D eigenvalue weighted by atomic mass is 10.0. The van der Waals surface area contributed by atoms with Crippen LogP contribution in [0.4, 0.5) is 5.13 Å². The van der Waals surface area contributed by atoms with Crippen molar-refractivity contribution in [2.24, 2.45) is 5.16 Å². The molecule has 32 heavy (non-hydrogen) atoms. The van der Waals surface area contributed by atoms with Crippen molar-refractivity contribution in [1.82, 2.24) is 15.2 Å². The highest BCUT2D eigenvalue weighted by molar-refractivity contribution is 8.17. The van der Waals surface area contributed by atoms with Gasteiger partial charge in [0.25, 0.3) is 11.8 Å². The normalized spacial score (nSPS) is 23.0. The quantitative estimate of drug-likeness (QED) is 0.266. The predicted molar refractivity (Wildman–Crippen MR) is 123 cm³/mol. The number of carbonyl (C=O) groups is 4. The Labute approximate surface area is 197 Å². The summed E-state index contributed by atoms with van der Waals surface area (Å²) in [6.07, 6.45) is 1.47. The lowest BCUT2D eigenvalue weighted by Gasteiger charge is -2.49.